The summed E-state index contributed by atoms with van der Waals surface area (Å²) in [7, 11) is -3.30. The van der Waals surface area contributed by atoms with E-state index in [-0.39, 0.29) is 36.3 Å². The summed E-state index contributed by atoms with van der Waals surface area (Å²) < 4.78 is 26.4. The Morgan fingerprint density at radius 1 is 1.31 bits per heavy atom. The van der Waals surface area contributed by atoms with Crippen LogP contribution in [0, 0.1) is 5.92 Å². The van der Waals surface area contributed by atoms with E-state index in [1.165, 1.54) is 4.31 Å². The van der Waals surface area contributed by atoms with Gasteiger partial charge in [0.25, 0.3) is 0 Å². The molecule has 0 aromatic carbocycles. The maximum Gasteiger partial charge on any atom is 0.215 e. The Balaban J connectivity index is 0.00000338. The molecule has 8 nitrogen and oxygen atoms in total. The summed E-state index contributed by atoms with van der Waals surface area (Å²) in [6.45, 7) is 7.20. The summed E-state index contributed by atoms with van der Waals surface area (Å²) in [5.41, 5.74) is 5.73. The van der Waals surface area contributed by atoms with E-state index in [2.05, 4.69) is 20.2 Å². The first-order valence-corrected chi connectivity index (χ1v) is 10.2. The molecule has 0 radical (unpaired) electrons. The number of aliphatic imine (C=N–C) groups is 1. The van der Waals surface area contributed by atoms with Crippen molar-refractivity contribution in [2.75, 3.05) is 49.9 Å². The van der Waals surface area contributed by atoms with E-state index in [0.717, 1.165) is 5.82 Å². The molecule has 0 amide bonds. The fourth-order valence-electron chi connectivity index (χ4n) is 2.51. The topological polar surface area (TPSA) is 104 Å². The van der Waals surface area contributed by atoms with Crippen LogP contribution in [0.15, 0.2) is 29.4 Å². The van der Waals surface area contributed by atoms with Gasteiger partial charge < -0.3 is 16.0 Å². The molecule has 0 unspecified atom stereocenters. The van der Waals surface area contributed by atoms with E-state index in [0.29, 0.717) is 44.6 Å². The van der Waals surface area contributed by atoms with Gasteiger partial charge in [-0.15, -0.1) is 24.0 Å². The smallest absolute Gasteiger partial charge is 0.215 e. The number of guanidine groups is 1. The Bertz CT molecular complexity index is 661. The lowest BCUT2D eigenvalue weighted by atomic mass is 10.2. The second-order valence-electron chi connectivity index (χ2n) is 6.44. The van der Waals surface area contributed by atoms with Gasteiger partial charge >= 0.3 is 0 Å². The van der Waals surface area contributed by atoms with Crippen molar-refractivity contribution in [1.29, 1.82) is 0 Å². The van der Waals surface area contributed by atoms with Gasteiger partial charge in [0.2, 0.25) is 10.0 Å². The Labute approximate surface area is 173 Å². The summed E-state index contributed by atoms with van der Waals surface area (Å²) in [6, 6.07) is 5.74. The molecular formula is C16H29IN6O2S. The van der Waals surface area contributed by atoms with Crippen LogP contribution in [0.1, 0.15) is 13.8 Å². The van der Waals surface area contributed by atoms with E-state index in [1.54, 1.807) is 6.20 Å². The van der Waals surface area contributed by atoms with Crippen LogP contribution >= 0.6 is 24.0 Å². The predicted molar refractivity (Wildman–Crippen MR) is 117 cm³/mol. The number of nitrogens with zero attached hydrogens (tertiary/aromatic N) is 4. The number of rotatable bonds is 7. The molecule has 0 spiro atoms. The van der Waals surface area contributed by atoms with Crippen molar-refractivity contribution in [3.05, 3.63) is 24.4 Å². The molecule has 1 aromatic heterocycles. The number of aromatic nitrogens is 1. The van der Waals surface area contributed by atoms with Crippen LogP contribution in [0.3, 0.4) is 0 Å². The summed E-state index contributed by atoms with van der Waals surface area (Å²) >= 11 is 0. The quantitative estimate of drug-likeness (QED) is 0.328. The van der Waals surface area contributed by atoms with Crippen molar-refractivity contribution in [2.45, 2.75) is 13.8 Å². The molecule has 2 heterocycles. The van der Waals surface area contributed by atoms with Gasteiger partial charge in [-0.25, -0.2) is 13.4 Å². The molecular weight excluding hydrogens is 467 g/mol. The minimum Gasteiger partial charge on any atom is -0.370 e. The fourth-order valence-corrected chi connectivity index (χ4v) is 3.85. The Kier molecular flexibility index (Phi) is 9.58. The lowest BCUT2D eigenvalue weighted by Crippen LogP contribution is -2.50. The van der Waals surface area contributed by atoms with Crippen molar-refractivity contribution in [3.63, 3.8) is 0 Å². The SMILES string of the molecule is CC(C)CN=C(N)NCCS(=O)(=O)N1CCN(c2ccccn2)CC1.I. The molecule has 0 bridgehead atoms. The highest BCUT2D eigenvalue weighted by Gasteiger charge is 2.26. The lowest BCUT2D eigenvalue weighted by molar-refractivity contribution is 0.384. The molecule has 1 fully saturated rings. The second-order valence-corrected chi connectivity index (χ2v) is 8.53. The van der Waals surface area contributed by atoms with Crippen LogP contribution in [-0.2, 0) is 10.0 Å². The average molecular weight is 496 g/mol. The van der Waals surface area contributed by atoms with E-state index < -0.39 is 10.0 Å². The zero-order chi connectivity index (χ0) is 18.3. The molecule has 26 heavy (non-hydrogen) atoms. The third-order valence-corrected chi connectivity index (χ3v) is 5.77. The summed E-state index contributed by atoms with van der Waals surface area (Å²) in [6.07, 6.45) is 1.75. The van der Waals surface area contributed by atoms with Gasteiger partial charge in [-0.3, -0.25) is 4.99 Å². The molecule has 1 aliphatic rings. The first-order chi connectivity index (χ1) is 11.9. The predicted octanol–water partition coefficient (Wildman–Crippen LogP) is 0.712. The van der Waals surface area contributed by atoms with E-state index in [4.69, 9.17) is 5.73 Å². The van der Waals surface area contributed by atoms with Gasteiger partial charge in [0.05, 0.1) is 5.75 Å². The van der Waals surface area contributed by atoms with Crippen LogP contribution in [0.25, 0.3) is 0 Å². The summed E-state index contributed by atoms with van der Waals surface area (Å²) in [5.74, 6) is 1.60. The number of hydrogen-bond acceptors (Lipinski definition) is 5. The Morgan fingerprint density at radius 3 is 2.58 bits per heavy atom. The van der Waals surface area contributed by atoms with Crippen molar-refractivity contribution in [2.24, 2.45) is 16.6 Å². The van der Waals surface area contributed by atoms with Crippen molar-refractivity contribution in [3.8, 4) is 0 Å². The van der Waals surface area contributed by atoms with Gasteiger partial charge in [-0.05, 0) is 18.1 Å². The molecule has 0 saturated carbocycles. The largest absolute Gasteiger partial charge is 0.370 e. The molecule has 1 aromatic rings. The Morgan fingerprint density at radius 2 is 2.00 bits per heavy atom. The number of nitrogens with one attached hydrogen (secondary N) is 1. The van der Waals surface area contributed by atoms with E-state index >= 15 is 0 Å². The highest BCUT2D eigenvalue weighted by atomic mass is 127. The summed E-state index contributed by atoms with van der Waals surface area (Å²) in [4.78, 5) is 10.6. The minimum absolute atomic E-state index is 0. The Hall–Kier alpha value is -1.14. The monoisotopic (exact) mass is 496 g/mol. The highest BCUT2D eigenvalue weighted by Crippen LogP contribution is 2.14. The van der Waals surface area contributed by atoms with Crippen LogP contribution in [0.2, 0.25) is 0 Å². The molecule has 0 atom stereocenters. The average Bonchev–Trinajstić information content (AvgIpc) is 2.61. The van der Waals surface area contributed by atoms with Gasteiger partial charge in [-0.1, -0.05) is 19.9 Å². The van der Waals surface area contributed by atoms with Crippen LogP contribution in [0.5, 0.6) is 0 Å². The first-order valence-electron chi connectivity index (χ1n) is 8.56. The fraction of sp³-hybridized carbons (Fsp3) is 0.625. The first kappa shape index (κ1) is 22.9. The maximum absolute atomic E-state index is 12.4. The van der Waals surface area contributed by atoms with Crippen molar-refractivity contribution < 1.29 is 8.42 Å². The molecule has 0 aliphatic carbocycles. The number of nitrogens with two attached hydrogens (primary N) is 1. The highest BCUT2D eigenvalue weighted by molar-refractivity contribution is 14.0. The molecule has 2 rings (SSSR count). The van der Waals surface area contributed by atoms with Gasteiger partial charge in [0, 0.05) is 45.5 Å². The van der Waals surface area contributed by atoms with E-state index in [1.807, 2.05) is 32.0 Å². The standard InChI is InChI=1S/C16H28N6O2S.HI/c1-14(2)13-20-16(17)19-7-12-25(23,24)22-10-8-21(9-11-22)15-5-3-4-6-18-15;/h3-6,14H,7-13H2,1-2H3,(H3,17,19,20);1H. The van der Waals surface area contributed by atoms with Crippen molar-refractivity contribution in [1.82, 2.24) is 14.6 Å². The number of sulfonamides is 1. The number of piperazine rings is 1. The van der Waals surface area contributed by atoms with Crippen molar-refractivity contribution >= 4 is 45.8 Å². The second kappa shape index (κ2) is 10.9. The van der Waals surface area contributed by atoms with Crippen LogP contribution < -0.4 is 16.0 Å². The normalized spacial score (nSPS) is 16.4. The maximum atomic E-state index is 12.4. The van der Waals surface area contributed by atoms with Crippen LogP contribution in [0.4, 0.5) is 5.82 Å². The molecule has 1 saturated heterocycles. The molecule has 3 N–H and O–H groups in total. The zero-order valence-corrected chi connectivity index (χ0v) is 18.5. The number of anilines is 1. The number of hydrogen-bond donors (Lipinski definition) is 2. The summed E-state index contributed by atoms with van der Waals surface area (Å²) in [5, 5.41) is 2.87. The third kappa shape index (κ3) is 7.23. The number of pyridine rings is 1. The molecule has 1 aliphatic heterocycles. The zero-order valence-electron chi connectivity index (χ0n) is 15.3. The van der Waals surface area contributed by atoms with Gasteiger partial charge in [-0.2, -0.15) is 4.31 Å². The molecule has 148 valence electrons. The van der Waals surface area contributed by atoms with Crippen LogP contribution in [-0.4, -0.2) is 68.7 Å². The molecule has 10 heteroatoms. The number of halogens is 1. The van der Waals surface area contributed by atoms with Gasteiger partial charge in [0.15, 0.2) is 5.96 Å². The third-order valence-electron chi connectivity index (χ3n) is 3.90. The minimum atomic E-state index is -3.30. The van der Waals surface area contributed by atoms with E-state index in [9.17, 15) is 8.42 Å². The van der Waals surface area contributed by atoms with Gasteiger partial charge in [0.1, 0.15) is 5.82 Å². The lowest BCUT2D eigenvalue weighted by Gasteiger charge is -2.34.